The van der Waals surface area contributed by atoms with Gasteiger partial charge in [0.1, 0.15) is 5.75 Å². The first kappa shape index (κ1) is 14.4. The van der Waals surface area contributed by atoms with E-state index in [1.165, 1.54) is 5.56 Å². The Balaban J connectivity index is 2.05. The lowest BCUT2D eigenvalue weighted by Gasteiger charge is -2.36. The molecule has 0 saturated carbocycles. The fourth-order valence-electron chi connectivity index (χ4n) is 3.10. The number of hydrogen-bond donors (Lipinski definition) is 2. The second kappa shape index (κ2) is 5.93. The van der Waals surface area contributed by atoms with E-state index in [0.717, 1.165) is 43.6 Å². The van der Waals surface area contributed by atoms with Gasteiger partial charge in [0.2, 0.25) is 0 Å². The summed E-state index contributed by atoms with van der Waals surface area (Å²) in [5, 5.41) is 9.82. The quantitative estimate of drug-likeness (QED) is 0.880. The highest BCUT2D eigenvalue weighted by Gasteiger charge is 2.25. The van der Waals surface area contributed by atoms with Crippen molar-refractivity contribution in [3.05, 3.63) is 28.8 Å². The predicted octanol–water partition coefficient (Wildman–Crippen LogP) is 2.57. The molecule has 3 N–H and O–H groups in total. The number of phenols is 1. The molecule has 1 fully saturated rings. The molecule has 1 aromatic rings. The van der Waals surface area contributed by atoms with Crippen molar-refractivity contribution >= 4 is 0 Å². The van der Waals surface area contributed by atoms with Crippen LogP contribution in [0.2, 0.25) is 0 Å². The Hall–Kier alpha value is -1.06. The number of piperidine rings is 1. The average Bonchev–Trinajstić information content (AvgIpc) is 2.38. The van der Waals surface area contributed by atoms with Crippen molar-refractivity contribution in [2.45, 2.75) is 46.2 Å². The normalized spacial score (nSPS) is 24.6. The van der Waals surface area contributed by atoms with E-state index in [1.54, 1.807) is 0 Å². The van der Waals surface area contributed by atoms with Crippen LogP contribution in [0, 0.1) is 19.8 Å². The number of benzene rings is 1. The summed E-state index contributed by atoms with van der Waals surface area (Å²) in [7, 11) is 0. The number of aryl methyl sites for hydroxylation is 2. The topological polar surface area (TPSA) is 49.5 Å². The first-order chi connectivity index (χ1) is 9.01. The Bertz CT molecular complexity index is 421. The molecule has 3 heteroatoms. The molecule has 1 aliphatic rings. The van der Waals surface area contributed by atoms with Gasteiger partial charge in [-0.1, -0.05) is 25.5 Å². The van der Waals surface area contributed by atoms with Gasteiger partial charge in [0.25, 0.3) is 0 Å². The molecular formula is C16H26N2O. The lowest BCUT2D eigenvalue weighted by molar-refractivity contribution is 0.145. The molecule has 106 valence electrons. The largest absolute Gasteiger partial charge is 0.507 e. The van der Waals surface area contributed by atoms with Crippen molar-refractivity contribution in [1.29, 1.82) is 0 Å². The van der Waals surface area contributed by atoms with E-state index in [0.29, 0.717) is 17.7 Å². The summed E-state index contributed by atoms with van der Waals surface area (Å²) >= 11 is 0. The average molecular weight is 262 g/mol. The van der Waals surface area contributed by atoms with Gasteiger partial charge in [-0.3, -0.25) is 4.90 Å². The molecule has 1 heterocycles. The number of hydrogen-bond acceptors (Lipinski definition) is 3. The van der Waals surface area contributed by atoms with Gasteiger partial charge in [0, 0.05) is 19.1 Å². The number of likely N-dealkylation sites (tertiary alicyclic amines) is 1. The Labute approximate surface area is 116 Å². The van der Waals surface area contributed by atoms with E-state index in [-0.39, 0.29) is 0 Å². The van der Waals surface area contributed by atoms with E-state index in [4.69, 9.17) is 5.73 Å². The zero-order valence-electron chi connectivity index (χ0n) is 12.3. The van der Waals surface area contributed by atoms with Crippen LogP contribution in [-0.2, 0) is 6.54 Å². The Morgan fingerprint density at radius 1 is 1.32 bits per heavy atom. The number of nitrogens with zero attached hydrogens (tertiary/aromatic N) is 1. The van der Waals surface area contributed by atoms with E-state index in [9.17, 15) is 5.11 Å². The van der Waals surface area contributed by atoms with Crippen LogP contribution >= 0.6 is 0 Å². The van der Waals surface area contributed by atoms with E-state index in [2.05, 4.69) is 24.0 Å². The first-order valence-corrected chi connectivity index (χ1v) is 7.28. The molecule has 1 aliphatic heterocycles. The molecule has 0 radical (unpaired) electrons. The standard InChI is InChI=1S/C16H26N2O/c1-4-14-10-18(6-5-15(14)17)9-13-7-11(2)16(19)12(3)8-13/h7-8,14-15,19H,4-6,9-10,17H2,1-3H3. The maximum atomic E-state index is 9.82. The number of phenolic OH excluding ortho intramolecular Hbond substituents is 1. The molecular weight excluding hydrogens is 236 g/mol. The molecule has 2 atom stereocenters. The fraction of sp³-hybridized carbons (Fsp3) is 0.625. The highest BCUT2D eigenvalue weighted by molar-refractivity contribution is 5.42. The van der Waals surface area contributed by atoms with Crippen molar-refractivity contribution < 1.29 is 5.11 Å². The minimum absolute atomic E-state index is 0.365. The number of aromatic hydroxyl groups is 1. The monoisotopic (exact) mass is 262 g/mol. The van der Waals surface area contributed by atoms with Gasteiger partial charge in [-0.25, -0.2) is 0 Å². The molecule has 0 aromatic heterocycles. The minimum atomic E-state index is 0.365. The Morgan fingerprint density at radius 2 is 1.95 bits per heavy atom. The van der Waals surface area contributed by atoms with Crippen LogP contribution in [0.5, 0.6) is 5.75 Å². The molecule has 0 bridgehead atoms. The molecule has 0 aliphatic carbocycles. The predicted molar refractivity (Wildman–Crippen MR) is 79.2 cm³/mol. The van der Waals surface area contributed by atoms with Gasteiger partial charge in [0.15, 0.2) is 0 Å². The van der Waals surface area contributed by atoms with Crippen LogP contribution in [0.3, 0.4) is 0 Å². The van der Waals surface area contributed by atoms with Crippen LogP contribution in [0.4, 0.5) is 0 Å². The van der Waals surface area contributed by atoms with Crippen LogP contribution in [0.25, 0.3) is 0 Å². The van der Waals surface area contributed by atoms with Gasteiger partial charge in [-0.05, 0) is 49.4 Å². The lowest BCUT2D eigenvalue weighted by atomic mass is 9.90. The lowest BCUT2D eigenvalue weighted by Crippen LogP contribution is -2.46. The third-order valence-electron chi connectivity index (χ3n) is 4.36. The highest BCUT2D eigenvalue weighted by Crippen LogP contribution is 2.25. The summed E-state index contributed by atoms with van der Waals surface area (Å²) in [6.07, 6.45) is 2.25. The molecule has 19 heavy (non-hydrogen) atoms. The van der Waals surface area contributed by atoms with Crippen molar-refractivity contribution in [1.82, 2.24) is 4.90 Å². The van der Waals surface area contributed by atoms with Crippen LogP contribution in [0.15, 0.2) is 12.1 Å². The molecule has 0 amide bonds. The Morgan fingerprint density at radius 3 is 2.53 bits per heavy atom. The third-order valence-corrected chi connectivity index (χ3v) is 4.36. The van der Waals surface area contributed by atoms with Gasteiger partial charge in [-0.15, -0.1) is 0 Å². The van der Waals surface area contributed by atoms with Crippen LogP contribution < -0.4 is 5.73 Å². The Kier molecular flexibility index (Phi) is 4.48. The summed E-state index contributed by atoms with van der Waals surface area (Å²) in [4.78, 5) is 2.49. The fourth-order valence-corrected chi connectivity index (χ4v) is 3.10. The molecule has 2 rings (SSSR count). The highest BCUT2D eigenvalue weighted by atomic mass is 16.3. The molecule has 0 spiro atoms. The summed E-state index contributed by atoms with van der Waals surface area (Å²) < 4.78 is 0. The molecule has 1 aromatic carbocycles. The van der Waals surface area contributed by atoms with Gasteiger partial charge < -0.3 is 10.8 Å². The second-order valence-corrected chi connectivity index (χ2v) is 5.93. The number of nitrogens with two attached hydrogens (primary N) is 1. The maximum Gasteiger partial charge on any atom is 0.121 e. The summed E-state index contributed by atoms with van der Waals surface area (Å²) in [6, 6.07) is 4.56. The zero-order chi connectivity index (χ0) is 14.0. The molecule has 3 nitrogen and oxygen atoms in total. The van der Waals surface area contributed by atoms with Crippen molar-refractivity contribution in [3.8, 4) is 5.75 Å². The second-order valence-electron chi connectivity index (χ2n) is 5.93. The van der Waals surface area contributed by atoms with Crippen LogP contribution in [-0.4, -0.2) is 29.1 Å². The zero-order valence-corrected chi connectivity index (χ0v) is 12.3. The SMILES string of the molecule is CCC1CN(Cc2cc(C)c(O)c(C)c2)CCC1N. The van der Waals surface area contributed by atoms with Crippen LogP contribution in [0.1, 0.15) is 36.5 Å². The summed E-state index contributed by atoms with van der Waals surface area (Å²) in [5.41, 5.74) is 9.38. The van der Waals surface area contributed by atoms with E-state index < -0.39 is 0 Å². The molecule has 1 saturated heterocycles. The van der Waals surface area contributed by atoms with Crippen molar-refractivity contribution in [2.24, 2.45) is 11.7 Å². The third kappa shape index (κ3) is 3.28. The minimum Gasteiger partial charge on any atom is -0.507 e. The van der Waals surface area contributed by atoms with Crippen molar-refractivity contribution in [2.75, 3.05) is 13.1 Å². The van der Waals surface area contributed by atoms with Crippen molar-refractivity contribution in [3.63, 3.8) is 0 Å². The maximum absolute atomic E-state index is 9.82. The first-order valence-electron chi connectivity index (χ1n) is 7.28. The molecule has 2 unspecified atom stereocenters. The van der Waals surface area contributed by atoms with Gasteiger partial charge >= 0.3 is 0 Å². The smallest absolute Gasteiger partial charge is 0.121 e. The van der Waals surface area contributed by atoms with E-state index >= 15 is 0 Å². The summed E-state index contributed by atoms with van der Waals surface area (Å²) in [6.45, 7) is 9.29. The summed E-state index contributed by atoms with van der Waals surface area (Å²) in [5.74, 6) is 1.05. The van der Waals surface area contributed by atoms with Gasteiger partial charge in [-0.2, -0.15) is 0 Å². The number of rotatable bonds is 3. The van der Waals surface area contributed by atoms with E-state index in [1.807, 2.05) is 13.8 Å². The van der Waals surface area contributed by atoms with Gasteiger partial charge in [0.05, 0.1) is 0 Å².